The van der Waals surface area contributed by atoms with Crippen LogP contribution in [0.1, 0.15) is 5.56 Å². The molecular weight excluding hydrogens is 289 g/mol. The fourth-order valence-corrected chi connectivity index (χ4v) is 2.16. The van der Waals surface area contributed by atoms with Gasteiger partial charge in [0, 0.05) is 30.3 Å². The van der Waals surface area contributed by atoms with E-state index in [2.05, 4.69) is 10.3 Å². The third-order valence-corrected chi connectivity index (χ3v) is 3.44. The number of anilines is 1. The third-order valence-electron chi connectivity index (χ3n) is 3.13. The topological polar surface area (TPSA) is 29.9 Å². The van der Waals surface area contributed by atoms with Crippen molar-refractivity contribution in [2.24, 2.45) is 0 Å². The van der Waals surface area contributed by atoms with Gasteiger partial charge < -0.3 is 9.88 Å². The molecule has 3 nitrogen and oxygen atoms in total. The highest BCUT2D eigenvalue weighted by molar-refractivity contribution is 6.30. The van der Waals surface area contributed by atoms with Crippen molar-refractivity contribution in [3.05, 3.63) is 77.6 Å². The Morgan fingerprint density at radius 3 is 2.86 bits per heavy atom. The minimum absolute atomic E-state index is 0.140. The number of rotatable bonds is 4. The van der Waals surface area contributed by atoms with Gasteiger partial charge in [0.1, 0.15) is 5.82 Å². The van der Waals surface area contributed by atoms with E-state index in [1.807, 2.05) is 35.0 Å². The van der Waals surface area contributed by atoms with Crippen LogP contribution in [0.3, 0.4) is 0 Å². The highest BCUT2D eigenvalue weighted by Crippen LogP contribution is 2.18. The highest BCUT2D eigenvalue weighted by Gasteiger charge is 2.02. The molecular formula is C16H13ClFN3. The first-order valence-corrected chi connectivity index (χ1v) is 6.86. The van der Waals surface area contributed by atoms with Gasteiger partial charge in [0.2, 0.25) is 0 Å². The van der Waals surface area contributed by atoms with Crippen molar-refractivity contribution in [1.29, 1.82) is 0 Å². The molecule has 1 aromatic heterocycles. The van der Waals surface area contributed by atoms with Crippen molar-refractivity contribution in [3.63, 3.8) is 0 Å². The molecule has 21 heavy (non-hydrogen) atoms. The van der Waals surface area contributed by atoms with Crippen molar-refractivity contribution >= 4 is 17.3 Å². The molecule has 0 unspecified atom stereocenters. The zero-order valence-corrected chi connectivity index (χ0v) is 11.9. The summed E-state index contributed by atoms with van der Waals surface area (Å²) in [4.78, 5) is 4.03. The maximum Gasteiger partial charge on any atom is 0.142 e. The lowest BCUT2D eigenvalue weighted by Crippen LogP contribution is -2.01. The fraction of sp³-hybridized carbons (Fsp3) is 0.0625. The van der Waals surface area contributed by atoms with E-state index in [-0.39, 0.29) is 5.02 Å². The Kier molecular flexibility index (Phi) is 3.88. The van der Waals surface area contributed by atoms with Crippen molar-refractivity contribution in [3.8, 4) is 5.69 Å². The van der Waals surface area contributed by atoms with Crippen molar-refractivity contribution in [2.75, 3.05) is 5.32 Å². The molecule has 0 spiro atoms. The van der Waals surface area contributed by atoms with Gasteiger partial charge in [-0.2, -0.15) is 0 Å². The Morgan fingerprint density at radius 2 is 2.10 bits per heavy atom. The minimum atomic E-state index is -0.400. The summed E-state index contributed by atoms with van der Waals surface area (Å²) in [7, 11) is 0. The predicted octanol–water partition coefficient (Wildman–Crippen LogP) is 4.28. The standard InChI is InChI=1S/C16H13ClFN3/c17-15-5-4-12(8-16(15)18)10-20-13-2-1-3-14(9-13)21-7-6-19-11-21/h1-9,11,20H,10H2. The summed E-state index contributed by atoms with van der Waals surface area (Å²) in [5.41, 5.74) is 2.81. The first-order chi connectivity index (χ1) is 10.2. The zero-order chi connectivity index (χ0) is 14.7. The summed E-state index contributed by atoms with van der Waals surface area (Å²) in [5.74, 6) is -0.400. The molecule has 0 aliphatic heterocycles. The van der Waals surface area contributed by atoms with Gasteiger partial charge in [-0.3, -0.25) is 0 Å². The number of nitrogens with zero attached hydrogens (tertiary/aromatic N) is 2. The van der Waals surface area contributed by atoms with E-state index in [9.17, 15) is 4.39 Å². The van der Waals surface area contributed by atoms with Gasteiger partial charge in [0.15, 0.2) is 0 Å². The van der Waals surface area contributed by atoms with Crippen LogP contribution in [-0.2, 0) is 6.54 Å². The van der Waals surface area contributed by atoms with E-state index >= 15 is 0 Å². The summed E-state index contributed by atoms with van der Waals surface area (Å²) in [6.07, 6.45) is 5.36. The average Bonchev–Trinajstić information content (AvgIpc) is 3.03. The Labute approximate surface area is 127 Å². The Bertz CT molecular complexity index is 741. The van der Waals surface area contributed by atoms with E-state index < -0.39 is 5.82 Å². The summed E-state index contributed by atoms with van der Waals surface area (Å²) >= 11 is 5.67. The molecule has 0 fully saturated rings. The Morgan fingerprint density at radius 1 is 1.19 bits per heavy atom. The summed E-state index contributed by atoms with van der Waals surface area (Å²) < 4.78 is 15.3. The fourth-order valence-electron chi connectivity index (χ4n) is 2.04. The van der Waals surface area contributed by atoms with E-state index in [4.69, 9.17) is 11.6 Å². The second-order valence-electron chi connectivity index (χ2n) is 4.62. The zero-order valence-electron chi connectivity index (χ0n) is 11.1. The molecule has 0 radical (unpaired) electrons. The van der Waals surface area contributed by atoms with Gasteiger partial charge in [0.25, 0.3) is 0 Å². The lowest BCUT2D eigenvalue weighted by Gasteiger charge is -2.09. The Balaban J connectivity index is 1.73. The highest BCUT2D eigenvalue weighted by atomic mass is 35.5. The van der Waals surface area contributed by atoms with Gasteiger partial charge in [-0.15, -0.1) is 0 Å². The number of hydrogen-bond donors (Lipinski definition) is 1. The molecule has 2 aromatic carbocycles. The molecule has 106 valence electrons. The van der Waals surface area contributed by atoms with E-state index in [0.717, 1.165) is 16.9 Å². The van der Waals surface area contributed by atoms with Crippen LogP contribution < -0.4 is 5.32 Å². The molecule has 0 atom stereocenters. The molecule has 3 rings (SSSR count). The van der Waals surface area contributed by atoms with Gasteiger partial charge in [-0.25, -0.2) is 9.37 Å². The molecule has 0 bridgehead atoms. The predicted molar refractivity (Wildman–Crippen MR) is 82.3 cm³/mol. The molecule has 0 amide bonds. The van der Waals surface area contributed by atoms with Crippen LogP contribution in [-0.4, -0.2) is 9.55 Å². The van der Waals surface area contributed by atoms with E-state index in [0.29, 0.717) is 6.54 Å². The maximum atomic E-state index is 13.4. The molecule has 0 saturated carbocycles. The maximum absolute atomic E-state index is 13.4. The van der Waals surface area contributed by atoms with Crippen LogP contribution in [0.25, 0.3) is 5.69 Å². The van der Waals surface area contributed by atoms with E-state index in [1.165, 1.54) is 6.07 Å². The monoisotopic (exact) mass is 301 g/mol. The first kappa shape index (κ1) is 13.6. The van der Waals surface area contributed by atoms with Crippen molar-refractivity contribution in [2.45, 2.75) is 6.54 Å². The van der Waals surface area contributed by atoms with Crippen molar-refractivity contribution < 1.29 is 4.39 Å². The Hall–Kier alpha value is -2.33. The molecule has 1 N–H and O–H groups in total. The molecule has 3 aromatic rings. The van der Waals surface area contributed by atoms with Gasteiger partial charge in [0.05, 0.1) is 11.3 Å². The molecule has 0 saturated heterocycles. The molecule has 0 aliphatic rings. The molecule has 1 heterocycles. The average molecular weight is 302 g/mol. The van der Waals surface area contributed by atoms with Gasteiger partial charge in [-0.05, 0) is 35.9 Å². The quantitative estimate of drug-likeness (QED) is 0.779. The summed E-state index contributed by atoms with van der Waals surface area (Å²) in [6, 6.07) is 12.7. The summed E-state index contributed by atoms with van der Waals surface area (Å²) in [5, 5.41) is 3.41. The number of benzene rings is 2. The number of hydrogen-bond acceptors (Lipinski definition) is 2. The minimum Gasteiger partial charge on any atom is -0.381 e. The van der Waals surface area contributed by atoms with Crippen molar-refractivity contribution in [1.82, 2.24) is 9.55 Å². The van der Waals surface area contributed by atoms with Crippen LogP contribution in [0.5, 0.6) is 0 Å². The van der Waals surface area contributed by atoms with Crippen LogP contribution in [0.4, 0.5) is 10.1 Å². The second-order valence-corrected chi connectivity index (χ2v) is 5.03. The number of halogens is 2. The van der Waals surface area contributed by atoms with E-state index in [1.54, 1.807) is 24.7 Å². The number of imidazole rings is 1. The SMILES string of the molecule is Fc1cc(CNc2cccc(-n3ccnc3)c2)ccc1Cl. The first-order valence-electron chi connectivity index (χ1n) is 6.48. The lowest BCUT2D eigenvalue weighted by atomic mass is 10.2. The van der Waals surface area contributed by atoms with Crippen LogP contribution in [0, 0.1) is 5.82 Å². The lowest BCUT2D eigenvalue weighted by molar-refractivity contribution is 0.626. The summed E-state index contributed by atoms with van der Waals surface area (Å²) in [6.45, 7) is 0.529. The van der Waals surface area contributed by atoms with Crippen LogP contribution in [0.15, 0.2) is 61.2 Å². The third kappa shape index (κ3) is 3.23. The van der Waals surface area contributed by atoms with Gasteiger partial charge in [-0.1, -0.05) is 23.7 Å². The molecule has 0 aliphatic carbocycles. The number of nitrogens with one attached hydrogen (secondary N) is 1. The number of aromatic nitrogens is 2. The van der Waals surface area contributed by atoms with Crippen LogP contribution >= 0.6 is 11.6 Å². The molecule has 5 heteroatoms. The largest absolute Gasteiger partial charge is 0.381 e. The second kappa shape index (κ2) is 5.97. The smallest absolute Gasteiger partial charge is 0.142 e. The van der Waals surface area contributed by atoms with Gasteiger partial charge >= 0.3 is 0 Å². The van der Waals surface area contributed by atoms with Crippen LogP contribution in [0.2, 0.25) is 5.02 Å². The normalized spacial score (nSPS) is 10.6.